The van der Waals surface area contributed by atoms with Gasteiger partial charge in [-0.25, -0.2) is 0 Å². The lowest BCUT2D eigenvalue weighted by atomic mass is 9.58. The molecule has 0 aliphatic heterocycles. The van der Waals surface area contributed by atoms with Crippen LogP contribution in [-0.2, 0) is 14.3 Å². The first kappa shape index (κ1) is 9.49. The van der Waals surface area contributed by atoms with Crippen molar-refractivity contribution < 1.29 is 19.4 Å². The van der Waals surface area contributed by atoms with Gasteiger partial charge in [0.1, 0.15) is 0 Å². The number of carboxylic acid groups (broad SMARTS) is 1. The Morgan fingerprint density at radius 2 is 1.79 bits per heavy atom. The van der Waals surface area contributed by atoms with Gasteiger partial charge in [-0.1, -0.05) is 6.42 Å². The van der Waals surface area contributed by atoms with Crippen molar-refractivity contribution in [3.8, 4) is 0 Å². The maximum Gasteiger partial charge on any atom is 0.309 e. The third-order valence-corrected chi connectivity index (χ3v) is 3.69. The minimum atomic E-state index is -0.844. The van der Waals surface area contributed by atoms with Gasteiger partial charge in [-0.2, -0.15) is 0 Å². The molecule has 4 atom stereocenters. The SMILES string of the molecule is COC(=O)[C@@H]1[C@H]2CCC[C@H]2[C@@H]1C(=O)O. The average Bonchev–Trinajstić information content (AvgIpc) is 2.48. The van der Waals surface area contributed by atoms with Gasteiger partial charge in [-0.05, 0) is 24.7 Å². The highest BCUT2D eigenvalue weighted by Gasteiger charge is 2.59. The number of carbonyl (C=O) groups excluding carboxylic acids is 1. The van der Waals surface area contributed by atoms with Crippen molar-refractivity contribution in [3.63, 3.8) is 0 Å². The fourth-order valence-corrected chi connectivity index (χ4v) is 3.09. The van der Waals surface area contributed by atoms with Crippen LogP contribution in [0.2, 0.25) is 0 Å². The van der Waals surface area contributed by atoms with Crippen molar-refractivity contribution in [2.75, 3.05) is 7.11 Å². The Kier molecular flexibility index (Phi) is 2.21. The molecule has 0 aromatic carbocycles. The van der Waals surface area contributed by atoms with Gasteiger partial charge in [0.05, 0.1) is 18.9 Å². The largest absolute Gasteiger partial charge is 0.481 e. The second-order valence-electron chi connectivity index (χ2n) is 4.17. The van der Waals surface area contributed by atoms with Crippen molar-refractivity contribution in [2.45, 2.75) is 19.3 Å². The summed E-state index contributed by atoms with van der Waals surface area (Å²) in [5.41, 5.74) is 0. The van der Waals surface area contributed by atoms with Gasteiger partial charge in [0.15, 0.2) is 0 Å². The van der Waals surface area contributed by atoms with Gasteiger partial charge in [-0.15, -0.1) is 0 Å². The minimum Gasteiger partial charge on any atom is -0.481 e. The smallest absolute Gasteiger partial charge is 0.309 e. The molecule has 0 bridgehead atoms. The summed E-state index contributed by atoms with van der Waals surface area (Å²) in [5, 5.41) is 8.99. The first-order valence-corrected chi connectivity index (χ1v) is 4.97. The lowest BCUT2D eigenvalue weighted by Gasteiger charge is -2.44. The molecule has 2 rings (SSSR count). The van der Waals surface area contributed by atoms with E-state index in [9.17, 15) is 9.59 Å². The number of methoxy groups -OCH3 is 1. The van der Waals surface area contributed by atoms with Crippen LogP contribution >= 0.6 is 0 Å². The van der Waals surface area contributed by atoms with Gasteiger partial charge in [0.2, 0.25) is 0 Å². The van der Waals surface area contributed by atoms with Gasteiger partial charge >= 0.3 is 11.9 Å². The topological polar surface area (TPSA) is 63.6 Å². The third kappa shape index (κ3) is 1.13. The van der Waals surface area contributed by atoms with Crippen molar-refractivity contribution in [1.29, 1.82) is 0 Å². The summed E-state index contributed by atoms with van der Waals surface area (Å²) in [6, 6.07) is 0. The summed E-state index contributed by atoms with van der Waals surface area (Å²) in [6.07, 6.45) is 2.98. The predicted molar refractivity (Wildman–Crippen MR) is 47.5 cm³/mol. The number of hydrogen-bond donors (Lipinski definition) is 1. The number of carboxylic acids is 1. The standard InChI is InChI=1S/C10H14O4/c1-14-10(13)8-6-4-2-3-5(6)7(8)9(11)12/h5-8H,2-4H2,1H3,(H,11,12)/t5-,6+,7+,8-/m1/s1. The molecule has 0 radical (unpaired) electrons. The Labute approximate surface area is 82.2 Å². The van der Waals surface area contributed by atoms with Crippen LogP contribution in [-0.4, -0.2) is 24.2 Å². The van der Waals surface area contributed by atoms with E-state index in [1.165, 1.54) is 7.11 Å². The maximum atomic E-state index is 11.4. The molecule has 0 aromatic rings. The molecule has 0 spiro atoms. The fourth-order valence-electron chi connectivity index (χ4n) is 3.09. The number of hydrogen-bond acceptors (Lipinski definition) is 3. The molecule has 0 heterocycles. The fraction of sp³-hybridized carbons (Fsp3) is 0.800. The van der Waals surface area contributed by atoms with Gasteiger partial charge < -0.3 is 9.84 Å². The van der Waals surface area contributed by atoms with Crippen LogP contribution in [0.5, 0.6) is 0 Å². The summed E-state index contributed by atoms with van der Waals surface area (Å²) in [6.45, 7) is 0. The maximum absolute atomic E-state index is 11.4. The van der Waals surface area contributed by atoms with E-state index in [0.717, 1.165) is 19.3 Å². The zero-order chi connectivity index (χ0) is 10.3. The molecular weight excluding hydrogens is 184 g/mol. The molecule has 2 saturated carbocycles. The summed E-state index contributed by atoms with van der Waals surface area (Å²) >= 11 is 0. The molecule has 2 fully saturated rings. The van der Waals surface area contributed by atoms with Crippen LogP contribution in [0.4, 0.5) is 0 Å². The molecule has 0 amide bonds. The van der Waals surface area contributed by atoms with Gasteiger partial charge in [0.25, 0.3) is 0 Å². The summed E-state index contributed by atoms with van der Waals surface area (Å²) < 4.78 is 4.64. The molecule has 4 nitrogen and oxygen atoms in total. The van der Waals surface area contributed by atoms with E-state index in [0.29, 0.717) is 0 Å². The minimum absolute atomic E-state index is 0.219. The Balaban J connectivity index is 2.14. The van der Waals surface area contributed by atoms with E-state index >= 15 is 0 Å². The molecule has 4 heteroatoms. The number of rotatable bonds is 2. The Morgan fingerprint density at radius 3 is 2.29 bits per heavy atom. The van der Waals surface area contributed by atoms with Crippen molar-refractivity contribution in [3.05, 3.63) is 0 Å². The summed E-state index contributed by atoms with van der Waals surface area (Å²) in [7, 11) is 1.32. The highest BCUT2D eigenvalue weighted by atomic mass is 16.5. The monoisotopic (exact) mass is 198 g/mol. The summed E-state index contributed by atoms with van der Waals surface area (Å²) in [5.74, 6) is -1.58. The van der Waals surface area contributed by atoms with E-state index in [-0.39, 0.29) is 23.7 Å². The normalized spacial score (nSPS) is 39.8. The number of ether oxygens (including phenoxy) is 1. The van der Waals surface area contributed by atoms with Crippen molar-refractivity contribution in [1.82, 2.24) is 0 Å². The van der Waals surface area contributed by atoms with Crippen molar-refractivity contribution >= 4 is 11.9 Å². The summed E-state index contributed by atoms with van der Waals surface area (Å²) in [4.78, 5) is 22.3. The zero-order valence-corrected chi connectivity index (χ0v) is 8.10. The zero-order valence-electron chi connectivity index (χ0n) is 8.10. The van der Waals surface area contributed by atoms with Crippen LogP contribution in [0.1, 0.15) is 19.3 Å². The molecule has 78 valence electrons. The molecule has 0 aromatic heterocycles. The second-order valence-corrected chi connectivity index (χ2v) is 4.17. The first-order valence-electron chi connectivity index (χ1n) is 4.97. The lowest BCUT2D eigenvalue weighted by molar-refractivity contribution is -0.174. The molecule has 2 aliphatic carbocycles. The Bertz CT molecular complexity index is 273. The molecule has 14 heavy (non-hydrogen) atoms. The van der Waals surface area contributed by atoms with Crippen LogP contribution in [0.15, 0.2) is 0 Å². The number of fused-ring (bicyclic) bond motifs is 1. The number of carbonyl (C=O) groups is 2. The third-order valence-electron chi connectivity index (χ3n) is 3.69. The predicted octanol–water partition coefficient (Wildman–Crippen LogP) is 0.906. The average molecular weight is 198 g/mol. The van der Waals surface area contributed by atoms with Crippen LogP contribution in [0.25, 0.3) is 0 Å². The first-order chi connectivity index (χ1) is 6.66. The van der Waals surface area contributed by atoms with E-state index < -0.39 is 11.9 Å². The van der Waals surface area contributed by atoms with Crippen LogP contribution < -0.4 is 0 Å². The highest BCUT2D eigenvalue weighted by molar-refractivity contribution is 5.84. The van der Waals surface area contributed by atoms with Gasteiger partial charge in [-0.3, -0.25) is 9.59 Å². The lowest BCUT2D eigenvalue weighted by Crippen LogP contribution is -2.52. The van der Waals surface area contributed by atoms with E-state index in [1.807, 2.05) is 0 Å². The van der Waals surface area contributed by atoms with Crippen LogP contribution in [0, 0.1) is 23.7 Å². The molecular formula is C10H14O4. The number of esters is 1. The molecule has 2 aliphatic rings. The van der Waals surface area contributed by atoms with Crippen LogP contribution in [0.3, 0.4) is 0 Å². The van der Waals surface area contributed by atoms with E-state index in [1.54, 1.807) is 0 Å². The Morgan fingerprint density at radius 1 is 1.21 bits per heavy atom. The van der Waals surface area contributed by atoms with Gasteiger partial charge in [0, 0.05) is 0 Å². The Hall–Kier alpha value is -1.06. The molecule has 1 N–H and O–H groups in total. The van der Waals surface area contributed by atoms with E-state index in [2.05, 4.69) is 4.74 Å². The molecule has 0 saturated heterocycles. The van der Waals surface area contributed by atoms with E-state index in [4.69, 9.17) is 5.11 Å². The second kappa shape index (κ2) is 3.26. The quantitative estimate of drug-likeness (QED) is 0.670. The number of aliphatic carboxylic acids is 1. The highest BCUT2D eigenvalue weighted by Crippen LogP contribution is 2.55. The van der Waals surface area contributed by atoms with Crippen molar-refractivity contribution in [2.24, 2.45) is 23.7 Å². The molecule has 0 unspecified atom stereocenters.